The van der Waals surface area contributed by atoms with Crippen LogP contribution in [0, 0.1) is 0 Å². The normalized spacial score (nSPS) is 9.94. The Balaban J connectivity index is 1.85. The Morgan fingerprint density at radius 1 is 1.35 bits per heavy atom. The fraction of sp³-hybridized carbons (Fsp3) is 0.0833. The van der Waals surface area contributed by atoms with Crippen LogP contribution in [0.3, 0.4) is 0 Å². The standard InChI is InChI=1S/C12H11ClN2O2/c13-10-2-1-3-11(6-10)15-12(16)14-7-9-4-5-17-8-9/h1-6,8H,7H2,(H2,14,15,16). The molecule has 0 saturated carbocycles. The molecule has 2 rings (SSSR count). The van der Waals surface area contributed by atoms with Gasteiger partial charge in [0.1, 0.15) is 0 Å². The molecule has 0 aliphatic heterocycles. The highest BCUT2D eigenvalue weighted by Crippen LogP contribution is 2.14. The predicted molar refractivity (Wildman–Crippen MR) is 66.0 cm³/mol. The smallest absolute Gasteiger partial charge is 0.319 e. The van der Waals surface area contributed by atoms with Gasteiger partial charge in [0.2, 0.25) is 0 Å². The molecule has 0 aliphatic carbocycles. The molecule has 88 valence electrons. The van der Waals surface area contributed by atoms with Crippen LogP contribution < -0.4 is 10.6 Å². The van der Waals surface area contributed by atoms with Gasteiger partial charge in [-0.2, -0.15) is 0 Å². The molecule has 0 fully saturated rings. The maximum Gasteiger partial charge on any atom is 0.319 e. The van der Waals surface area contributed by atoms with Gasteiger partial charge in [0.05, 0.1) is 12.5 Å². The van der Waals surface area contributed by atoms with Crippen LogP contribution in [0.2, 0.25) is 5.02 Å². The molecule has 0 spiro atoms. The Morgan fingerprint density at radius 3 is 2.94 bits per heavy atom. The van der Waals surface area contributed by atoms with Crippen molar-refractivity contribution in [1.29, 1.82) is 0 Å². The highest BCUT2D eigenvalue weighted by atomic mass is 35.5. The van der Waals surface area contributed by atoms with Gasteiger partial charge in [0, 0.05) is 22.8 Å². The van der Waals surface area contributed by atoms with Gasteiger partial charge in [-0.1, -0.05) is 17.7 Å². The minimum atomic E-state index is -0.284. The molecule has 0 saturated heterocycles. The second-order valence-corrected chi connectivity index (χ2v) is 3.89. The third-order valence-electron chi connectivity index (χ3n) is 2.12. The Labute approximate surface area is 104 Å². The van der Waals surface area contributed by atoms with Gasteiger partial charge in [-0.3, -0.25) is 0 Å². The second-order valence-electron chi connectivity index (χ2n) is 3.45. The largest absolute Gasteiger partial charge is 0.472 e. The number of amides is 2. The average molecular weight is 251 g/mol. The van der Waals surface area contributed by atoms with Crippen LogP contribution in [-0.2, 0) is 6.54 Å². The van der Waals surface area contributed by atoms with E-state index < -0.39 is 0 Å². The third-order valence-corrected chi connectivity index (χ3v) is 2.35. The summed E-state index contributed by atoms with van der Waals surface area (Å²) in [6, 6.07) is 8.47. The summed E-state index contributed by atoms with van der Waals surface area (Å²) in [7, 11) is 0. The van der Waals surface area contributed by atoms with E-state index in [0.717, 1.165) is 5.56 Å². The molecular weight excluding hydrogens is 240 g/mol. The summed E-state index contributed by atoms with van der Waals surface area (Å²) in [6.07, 6.45) is 3.14. The van der Waals surface area contributed by atoms with Crippen LogP contribution >= 0.6 is 11.6 Å². The highest BCUT2D eigenvalue weighted by molar-refractivity contribution is 6.30. The van der Waals surface area contributed by atoms with E-state index in [-0.39, 0.29) is 6.03 Å². The van der Waals surface area contributed by atoms with E-state index in [4.69, 9.17) is 16.0 Å². The van der Waals surface area contributed by atoms with Gasteiger partial charge in [-0.25, -0.2) is 4.79 Å². The number of halogens is 1. The van der Waals surface area contributed by atoms with Gasteiger partial charge in [0.25, 0.3) is 0 Å². The molecule has 0 atom stereocenters. The molecular formula is C12H11ClN2O2. The van der Waals surface area contributed by atoms with Gasteiger partial charge >= 0.3 is 6.03 Å². The molecule has 1 aromatic heterocycles. The van der Waals surface area contributed by atoms with E-state index in [1.54, 1.807) is 42.9 Å². The predicted octanol–water partition coefficient (Wildman–Crippen LogP) is 3.25. The molecule has 0 unspecified atom stereocenters. The first kappa shape index (κ1) is 11.5. The summed E-state index contributed by atoms with van der Waals surface area (Å²) >= 11 is 5.80. The molecule has 1 heterocycles. The third kappa shape index (κ3) is 3.53. The number of furan rings is 1. The number of carbonyl (C=O) groups is 1. The molecule has 1 aromatic carbocycles. The zero-order chi connectivity index (χ0) is 12.1. The lowest BCUT2D eigenvalue weighted by atomic mass is 10.3. The first-order valence-corrected chi connectivity index (χ1v) is 5.43. The van der Waals surface area contributed by atoms with Crippen LogP contribution in [0.4, 0.5) is 10.5 Å². The number of anilines is 1. The molecule has 17 heavy (non-hydrogen) atoms. The molecule has 2 N–H and O–H groups in total. The number of nitrogens with one attached hydrogen (secondary N) is 2. The molecule has 2 amide bonds. The van der Waals surface area contributed by atoms with E-state index in [9.17, 15) is 4.79 Å². The fourth-order valence-electron chi connectivity index (χ4n) is 1.32. The quantitative estimate of drug-likeness (QED) is 0.879. The summed E-state index contributed by atoms with van der Waals surface area (Å²) in [5.41, 5.74) is 1.56. The monoisotopic (exact) mass is 250 g/mol. The zero-order valence-electron chi connectivity index (χ0n) is 8.94. The average Bonchev–Trinajstić information content (AvgIpc) is 2.79. The van der Waals surface area contributed by atoms with Crippen LogP contribution in [0.1, 0.15) is 5.56 Å². The summed E-state index contributed by atoms with van der Waals surface area (Å²) in [6.45, 7) is 0.420. The maximum absolute atomic E-state index is 11.5. The number of benzene rings is 1. The number of urea groups is 1. The van der Waals surface area contributed by atoms with E-state index in [2.05, 4.69) is 10.6 Å². The first-order valence-electron chi connectivity index (χ1n) is 5.05. The van der Waals surface area contributed by atoms with E-state index in [1.165, 1.54) is 0 Å². The minimum absolute atomic E-state index is 0.284. The molecule has 2 aromatic rings. The lowest BCUT2D eigenvalue weighted by Crippen LogP contribution is -2.27. The number of carbonyl (C=O) groups excluding carboxylic acids is 1. The Morgan fingerprint density at radius 2 is 2.24 bits per heavy atom. The van der Waals surface area contributed by atoms with E-state index in [1.807, 2.05) is 0 Å². The number of rotatable bonds is 3. The molecule has 0 radical (unpaired) electrons. The van der Waals surface area contributed by atoms with Crippen LogP contribution in [-0.4, -0.2) is 6.03 Å². The molecule has 5 heteroatoms. The van der Waals surface area contributed by atoms with Crippen molar-refractivity contribution in [2.45, 2.75) is 6.54 Å². The van der Waals surface area contributed by atoms with Gasteiger partial charge < -0.3 is 15.1 Å². The van der Waals surface area contributed by atoms with Crippen molar-refractivity contribution in [1.82, 2.24) is 5.32 Å². The Bertz CT molecular complexity index is 497. The fourth-order valence-corrected chi connectivity index (χ4v) is 1.51. The first-order chi connectivity index (χ1) is 8.24. The minimum Gasteiger partial charge on any atom is -0.472 e. The van der Waals surface area contributed by atoms with Crippen molar-refractivity contribution in [3.05, 3.63) is 53.4 Å². The van der Waals surface area contributed by atoms with Crippen molar-refractivity contribution in [2.75, 3.05) is 5.32 Å². The summed E-state index contributed by atoms with van der Waals surface area (Å²) < 4.78 is 4.89. The van der Waals surface area contributed by atoms with Crippen LogP contribution in [0.5, 0.6) is 0 Å². The highest BCUT2D eigenvalue weighted by Gasteiger charge is 2.02. The topological polar surface area (TPSA) is 54.3 Å². The molecule has 4 nitrogen and oxygen atoms in total. The Kier molecular flexibility index (Phi) is 3.67. The van der Waals surface area contributed by atoms with Gasteiger partial charge in [-0.05, 0) is 24.3 Å². The summed E-state index contributed by atoms with van der Waals surface area (Å²) in [4.78, 5) is 11.5. The van der Waals surface area contributed by atoms with E-state index in [0.29, 0.717) is 17.3 Å². The lowest BCUT2D eigenvalue weighted by Gasteiger charge is -2.06. The van der Waals surface area contributed by atoms with Crippen molar-refractivity contribution < 1.29 is 9.21 Å². The number of hydrogen-bond donors (Lipinski definition) is 2. The van der Waals surface area contributed by atoms with Crippen molar-refractivity contribution in [3.63, 3.8) is 0 Å². The second kappa shape index (κ2) is 5.41. The molecule has 0 aliphatic rings. The SMILES string of the molecule is O=C(NCc1ccoc1)Nc1cccc(Cl)c1. The maximum atomic E-state index is 11.5. The van der Waals surface area contributed by atoms with E-state index >= 15 is 0 Å². The molecule has 0 bridgehead atoms. The van der Waals surface area contributed by atoms with Gasteiger partial charge in [-0.15, -0.1) is 0 Å². The summed E-state index contributed by atoms with van der Waals surface area (Å²) in [5.74, 6) is 0. The number of hydrogen-bond acceptors (Lipinski definition) is 2. The Hall–Kier alpha value is -1.94. The summed E-state index contributed by atoms with van der Waals surface area (Å²) in [5, 5.41) is 5.96. The van der Waals surface area contributed by atoms with Gasteiger partial charge in [0.15, 0.2) is 0 Å². The lowest BCUT2D eigenvalue weighted by molar-refractivity contribution is 0.251. The van der Waals surface area contributed by atoms with Crippen LogP contribution in [0.25, 0.3) is 0 Å². The zero-order valence-corrected chi connectivity index (χ0v) is 9.70. The van der Waals surface area contributed by atoms with Crippen LogP contribution in [0.15, 0.2) is 47.3 Å². The van der Waals surface area contributed by atoms with Crippen molar-refractivity contribution in [3.8, 4) is 0 Å². The van der Waals surface area contributed by atoms with Crippen molar-refractivity contribution in [2.24, 2.45) is 0 Å². The van der Waals surface area contributed by atoms with Crippen molar-refractivity contribution >= 4 is 23.3 Å².